The molecule has 1 aromatic heterocycles. The maximum atomic E-state index is 6.42. The molecule has 4 bridgehead atoms. The van der Waals surface area contributed by atoms with Gasteiger partial charge < -0.3 is 9.32 Å². The first-order valence-electron chi connectivity index (χ1n) is 21.3. The molecule has 2 heteroatoms. The minimum Gasteiger partial charge on any atom is -0.456 e. The van der Waals surface area contributed by atoms with Gasteiger partial charge in [0.2, 0.25) is 0 Å². The van der Waals surface area contributed by atoms with Crippen LogP contribution in [0.25, 0.3) is 66.1 Å². The summed E-state index contributed by atoms with van der Waals surface area (Å²) in [5, 5.41) is 4.80. The second-order valence-electron chi connectivity index (χ2n) is 17.7. The monoisotopic (exact) mass is 745 g/mol. The van der Waals surface area contributed by atoms with Crippen LogP contribution < -0.4 is 4.90 Å². The molecule has 9 aromatic rings. The van der Waals surface area contributed by atoms with Crippen molar-refractivity contribution in [3.63, 3.8) is 0 Å². The topological polar surface area (TPSA) is 16.4 Å². The van der Waals surface area contributed by atoms with Gasteiger partial charge in [0.1, 0.15) is 11.2 Å². The minimum absolute atomic E-state index is 0.167. The van der Waals surface area contributed by atoms with Crippen molar-refractivity contribution in [2.75, 3.05) is 4.90 Å². The molecule has 1 heterocycles. The van der Waals surface area contributed by atoms with Gasteiger partial charge in [0.15, 0.2) is 0 Å². The SMILES string of the molecule is c1ccc2c(c1)-c1ccc(-c3ccc(N(c4ccc(-c5ccc6ccccc6c5)cc4)c4ccc5c(c4)oc4ccccc45)cc3)cc1C21C2CC3CC(C2)CC1C3. The summed E-state index contributed by atoms with van der Waals surface area (Å²) < 4.78 is 6.42. The number of fused-ring (bicyclic) bond motifs is 7. The lowest BCUT2D eigenvalue weighted by Crippen LogP contribution is -2.55. The summed E-state index contributed by atoms with van der Waals surface area (Å²) >= 11 is 0. The number of nitrogens with zero attached hydrogens (tertiary/aromatic N) is 1. The highest BCUT2D eigenvalue weighted by Crippen LogP contribution is 2.69. The fourth-order valence-electron chi connectivity index (χ4n) is 12.6. The van der Waals surface area contributed by atoms with E-state index in [1.165, 1.54) is 76.3 Å². The van der Waals surface area contributed by atoms with Crippen LogP contribution in [0, 0.1) is 23.7 Å². The van der Waals surface area contributed by atoms with E-state index in [9.17, 15) is 0 Å². The van der Waals surface area contributed by atoms with E-state index >= 15 is 0 Å². The van der Waals surface area contributed by atoms with Crippen LogP contribution in [-0.2, 0) is 5.41 Å². The number of hydrogen-bond acceptors (Lipinski definition) is 2. The van der Waals surface area contributed by atoms with Crippen molar-refractivity contribution in [1.82, 2.24) is 0 Å². The Morgan fingerprint density at radius 3 is 1.72 bits per heavy atom. The molecule has 0 N–H and O–H groups in total. The van der Waals surface area contributed by atoms with E-state index in [1.54, 1.807) is 11.1 Å². The second-order valence-corrected chi connectivity index (χ2v) is 17.7. The van der Waals surface area contributed by atoms with Gasteiger partial charge in [0.25, 0.3) is 0 Å². The van der Waals surface area contributed by atoms with Crippen LogP contribution in [0.1, 0.15) is 43.2 Å². The summed E-state index contributed by atoms with van der Waals surface area (Å²) in [6.45, 7) is 0. The highest BCUT2D eigenvalue weighted by molar-refractivity contribution is 6.06. The van der Waals surface area contributed by atoms with Crippen LogP contribution in [0.3, 0.4) is 0 Å². The Kier molecular flexibility index (Phi) is 6.94. The quantitative estimate of drug-likeness (QED) is 0.174. The van der Waals surface area contributed by atoms with Gasteiger partial charge in [0.05, 0.1) is 0 Å². The first-order valence-corrected chi connectivity index (χ1v) is 21.3. The van der Waals surface area contributed by atoms with Crippen molar-refractivity contribution >= 4 is 49.8 Å². The molecule has 0 saturated heterocycles. The van der Waals surface area contributed by atoms with Crippen LogP contribution in [0.5, 0.6) is 0 Å². The van der Waals surface area contributed by atoms with Crippen molar-refractivity contribution in [2.24, 2.45) is 23.7 Å². The molecule has 2 nitrogen and oxygen atoms in total. The lowest BCUT2D eigenvalue weighted by molar-refractivity contribution is -0.0399. The lowest BCUT2D eigenvalue weighted by Gasteiger charge is -2.61. The van der Waals surface area contributed by atoms with Gasteiger partial charge in [-0.25, -0.2) is 0 Å². The van der Waals surface area contributed by atoms with Crippen molar-refractivity contribution < 1.29 is 4.42 Å². The molecule has 0 radical (unpaired) electrons. The Morgan fingerprint density at radius 1 is 0.397 bits per heavy atom. The molecule has 5 aliphatic carbocycles. The van der Waals surface area contributed by atoms with Crippen LogP contribution in [-0.4, -0.2) is 0 Å². The molecule has 8 aromatic carbocycles. The van der Waals surface area contributed by atoms with Gasteiger partial charge in [-0.3, -0.25) is 0 Å². The smallest absolute Gasteiger partial charge is 0.137 e. The number of hydrogen-bond donors (Lipinski definition) is 0. The summed E-state index contributed by atoms with van der Waals surface area (Å²) in [6.07, 6.45) is 7.08. The summed E-state index contributed by atoms with van der Waals surface area (Å²) in [6, 6.07) is 65.4. The maximum absolute atomic E-state index is 6.42. The standard InChI is InChI=1S/C56H43NO/c1-2-8-40-32-41(14-13-37(40)7-1)38-15-20-45(21-16-38)57(47-24-26-51-50-10-4-6-12-54(50)58-55(51)34-47)46-22-17-39(18-23-46)42-19-25-49-48-9-3-5-11-52(48)56(53(49)33-42)43-28-35-27-36(30-43)31-44(56)29-35/h1-26,32-36,43-44H,27-31H2. The predicted molar refractivity (Wildman–Crippen MR) is 240 cm³/mol. The van der Waals surface area contributed by atoms with Gasteiger partial charge in [-0.1, -0.05) is 115 Å². The molecule has 278 valence electrons. The average Bonchev–Trinajstić information content (AvgIpc) is 3.79. The second kappa shape index (κ2) is 12.3. The summed E-state index contributed by atoms with van der Waals surface area (Å²) in [5.41, 5.74) is 16.5. The van der Waals surface area contributed by atoms with E-state index in [4.69, 9.17) is 4.42 Å². The summed E-state index contributed by atoms with van der Waals surface area (Å²) in [7, 11) is 0. The highest BCUT2D eigenvalue weighted by Gasteiger charge is 2.61. The number of anilines is 3. The zero-order valence-corrected chi connectivity index (χ0v) is 32.4. The van der Waals surface area contributed by atoms with Gasteiger partial charge in [-0.05, 0) is 166 Å². The summed E-state index contributed by atoms with van der Waals surface area (Å²) in [4.78, 5) is 2.36. The lowest BCUT2D eigenvalue weighted by atomic mass is 9.43. The van der Waals surface area contributed by atoms with E-state index in [-0.39, 0.29) is 5.41 Å². The van der Waals surface area contributed by atoms with Gasteiger partial charge in [0, 0.05) is 39.3 Å². The van der Waals surface area contributed by atoms with Gasteiger partial charge >= 0.3 is 0 Å². The summed E-state index contributed by atoms with van der Waals surface area (Å²) in [5.74, 6) is 3.39. The van der Waals surface area contributed by atoms with E-state index in [0.717, 1.165) is 62.7 Å². The predicted octanol–water partition coefficient (Wildman–Crippen LogP) is 15.3. The third-order valence-electron chi connectivity index (χ3n) is 14.8. The van der Waals surface area contributed by atoms with E-state index in [2.05, 4.69) is 175 Å². The van der Waals surface area contributed by atoms with Crippen LogP contribution in [0.15, 0.2) is 180 Å². The molecule has 1 spiro atoms. The molecular weight excluding hydrogens is 703 g/mol. The van der Waals surface area contributed by atoms with Gasteiger partial charge in [-0.15, -0.1) is 0 Å². The van der Waals surface area contributed by atoms with Crippen molar-refractivity contribution in [1.29, 1.82) is 0 Å². The molecule has 14 rings (SSSR count). The molecule has 5 aliphatic rings. The molecule has 4 fully saturated rings. The first-order chi connectivity index (χ1) is 28.7. The van der Waals surface area contributed by atoms with Crippen LogP contribution >= 0.6 is 0 Å². The average molecular weight is 746 g/mol. The molecule has 0 aliphatic heterocycles. The third-order valence-corrected chi connectivity index (χ3v) is 14.8. The van der Waals surface area contributed by atoms with Crippen molar-refractivity contribution in [3.05, 3.63) is 187 Å². The Bertz CT molecular complexity index is 3050. The van der Waals surface area contributed by atoms with Crippen LogP contribution in [0.4, 0.5) is 17.1 Å². The Morgan fingerprint density at radius 2 is 0.966 bits per heavy atom. The first kappa shape index (κ1) is 32.7. The minimum atomic E-state index is 0.167. The molecule has 4 saturated carbocycles. The third kappa shape index (κ3) is 4.72. The van der Waals surface area contributed by atoms with Crippen molar-refractivity contribution in [2.45, 2.75) is 37.5 Å². The highest BCUT2D eigenvalue weighted by atomic mass is 16.3. The zero-order valence-electron chi connectivity index (χ0n) is 32.4. The molecule has 0 unspecified atom stereocenters. The normalized spacial score (nSPS) is 22.6. The number of furan rings is 1. The number of benzene rings is 8. The fourth-order valence-corrected chi connectivity index (χ4v) is 12.6. The number of para-hydroxylation sites is 1. The van der Waals surface area contributed by atoms with Gasteiger partial charge in [-0.2, -0.15) is 0 Å². The largest absolute Gasteiger partial charge is 0.456 e. The van der Waals surface area contributed by atoms with E-state index in [1.807, 2.05) is 6.07 Å². The Hall–Kier alpha value is -6.38. The van der Waals surface area contributed by atoms with E-state index < -0.39 is 0 Å². The molecule has 0 atom stereocenters. The fraction of sp³-hybridized carbons (Fsp3) is 0.179. The molecule has 58 heavy (non-hydrogen) atoms. The van der Waals surface area contributed by atoms with Crippen LogP contribution in [0.2, 0.25) is 0 Å². The molecular formula is C56H43NO. The number of rotatable bonds is 5. The molecule has 0 amide bonds. The maximum Gasteiger partial charge on any atom is 0.137 e. The van der Waals surface area contributed by atoms with Crippen molar-refractivity contribution in [3.8, 4) is 33.4 Å². The van der Waals surface area contributed by atoms with E-state index in [0.29, 0.717) is 0 Å². The Balaban J connectivity index is 0.901. The Labute approximate surface area is 339 Å². The zero-order chi connectivity index (χ0) is 38.0.